The van der Waals surface area contributed by atoms with Crippen LogP contribution in [0, 0.1) is 0 Å². The highest BCUT2D eigenvalue weighted by Gasteiger charge is 1.99. The quantitative estimate of drug-likeness (QED) is 0.436. The van der Waals surface area contributed by atoms with E-state index < -0.39 is 0 Å². The number of rotatable bonds is 9. The first-order valence-electron chi connectivity index (χ1n) is 5.29. The van der Waals surface area contributed by atoms with E-state index in [0.29, 0.717) is 12.5 Å². The number of carbonyl (C=O) groups excluding carboxylic acids is 1. The van der Waals surface area contributed by atoms with Crippen LogP contribution in [0.1, 0.15) is 39.0 Å². The first-order valence-corrected chi connectivity index (χ1v) is 5.29. The van der Waals surface area contributed by atoms with E-state index in [9.17, 15) is 4.79 Å². The van der Waals surface area contributed by atoms with Crippen molar-refractivity contribution in [3.8, 4) is 0 Å². The number of hydrogen-bond acceptors (Lipinski definition) is 2. The van der Waals surface area contributed by atoms with Gasteiger partial charge in [0, 0.05) is 12.5 Å². The number of amides is 1. The van der Waals surface area contributed by atoms with E-state index >= 15 is 0 Å². The van der Waals surface area contributed by atoms with E-state index in [1.807, 2.05) is 6.08 Å². The average Bonchev–Trinajstić information content (AvgIpc) is 2.13. The van der Waals surface area contributed by atoms with Crippen LogP contribution >= 0.6 is 0 Å². The van der Waals surface area contributed by atoms with Gasteiger partial charge in [0.05, 0.1) is 0 Å². The normalized spacial score (nSPS) is 12.4. The molecule has 0 aromatic rings. The monoisotopic (exact) mass is 198 g/mol. The molecule has 0 aliphatic rings. The first kappa shape index (κ1) is 13.2. The highest BCUT2D eigenvalue weighted by atomic mass is 16.1. The van der Waals surface area contributed by atoms with Crippen molar-refractivity contribution in [2.24, 2.45) is 5.73 Å². The molecular weight excluding hydrogens is 176 g/mol. The smallest absolute Gasteiger partial charge is 0.217 e. The standard InChI is InChI=1S/C11H22N2O/c1-3-4-7-10(2)13-9-6-5-8-11(12)14/h3,10,13H,1,4-9H2,2H3,(H2,12,14). The van der Waals surface area contributed by atoms with Gasteiger partial charge < -0.3 is 11.1 Å². The molecule has 0 bridgehead atoms. The maximum absolute atomic E-state index is 10.4. The zero-order valence-corrected chi connectivity index (χ0v) is 9.09. The van der Waals surface area contributed by atoms with Gasteiger partial charge in [0.15, 0.2) is 0 Å². The van der Waals surface area contributed by atoms with E-state index in [-0.39, 0.29) is 5.91 Å². The Kier molecular flexibility index (Phi) is 8.24. The molecule has 3 heteroatoms. The third-order valence-electron chi connectivity index (χ3n) is 2.15. The Hall–Kier alpha value is -0.830. The van der Waals surface area contributed by atoms with Crippen LogP contribution in [0.15, 0.2) is 12.7 Å². The Morgan fingerprint density at radius 2 is 2.29 bits per heavy atom. The van der Waals surface area contributed by atoms with Crippen molar-refractivity contribution in [2.45, 2.75) is 45.1 Å². The van der Waals surface area contributed by atoms with Crippen molar-refractivity contribution < 1.29 is 4.79 Å². The highest BCUT2D eigenvalue weighted by Crippen LogP contribution is 1.98. The summed E-state index contributed by atoms with van der Waals surface area (Å²) in [5, 5.41) is 3.39. The van der Waals surface area contributed by atoms with Crippen LogP contribution in [0.5, 0.6) is 0 Å². The fourth-order valence-electron chi connectivity index (χ4n) is 1.24. The molecule has 1 unspecified atom stereocenters. The van der Waals surface area contributed by atoms with Crippen LogP contribution < -0.4 is 11.1 Å². The Morgan fingerprint density at radius 1 is 1.57 bits per heavy atom. The molecule has 0 radical (unpaired) electrons. The lowest BCUT2D eigenvalue weighted by molar-refractivity contribution is -0.118. The molecule has 0 fully saturated rings. The second-order valence-electron chi connectivity index (χ2n) is 3.64. The maximum Gasteiger partial charge on any atom is 0.217 e. The summed E-state index contributed by atoms with van der Waals surface area (Å²) in [7, 11) is 0. The van der Waals surface area contributed by atoms with Crippen LogP contribution in [0.2, 0.25) is 0 Å². The first-order chi connectivity index (χ1) is 6.66. The van der Waals surface area contributed by atoms with E-state index in [0.717, 1.165) is 32.2 Å². The van der Waals surface area contributed by atoms with E-state index in [1.54, 1.807) is 0 Å². The summed E-state index contributed by atoms with van der Waals surface area (Å²) < 4.78 is 0. The number of hydrogen-bond donors (Lipinski definition) is 2. The Balaban J connectivity index is 3.18. The van der Waals surface area contributed by atoms with Gasteiger partial charge in [-0.25, -0.2) is 0 Å². The molecule has 3 nitrogen and oxygen atoms in total. The molecule has 0 aromatic carbocycles. The Morgan fingerprint density at radius 3 is 2.86 bits per heavy atom. The molecule has 0 rings (SSSR count). The van der Waals surface area contributed by atoms with Crippen LogP contribution in [-0.4, -0.2) is 18.5 Å². The van der Waals surface area contributed by atoms with Crippen molar-refractivity contribution in [2.75, 3.05) is 6.54 Å². The minimum Gasteiger partial charge on any atom is -0.370 e. The lowest BCUT2D eigenvalue weighted by Crippen LogP contribution is -2.26. The minimum absolute atomic E-state index is 0.204. The van der Waals surface area contributed by atoms with Crippen molar-refractivity contribution in [1.82, 2.24) is 5.32 Å². The lowest BCUT2D eigenvalue weighted by Gasteiger charge is -2.11. The number of allylic oxidation sites excluding steroid dienone is 1. The van der Waals surface area contributed by atoms with E-state index in [2.05, 4.69) is 18.8 Å². The largest absolute Gasteiger partial charge is 0.370 e. The van der Waals surface area contributed by atoms with E-state index in [4.69, 9.17) is 5.73 Å². The SMILES string of the molecule is C=CCCC(C)NCCCCC(N)=O. The predicted molar refractivity (Wildman–Crippen MR) is 59.9 cm³/mol. The molecule has 0 aromatic heterocycles. The van der Waals surface area contributed by atoms with Gasteiger partial charge in [-0.3, -0.25) is 4.79 Å². The lowest BCUT2D eigenvalue weighted by atomic mass is 10.1. The number of carbonyl (C=O) groups is 1. The topological polar surface area (TPSA) is 55.1 Å². The van der Waals surface area contributed by atoms with Gasteiger partial charge in [-0.2, -0.15) is 0 Å². The molecule has 14 heavy (non-hydrogen) atoms. The van der Waals surface area contributed by atoms with Crippen LogP contribution in [-0.2, 0) is 4.79 Å². The second-order valence-corrected chi connectivity index (χ2v) is 3.64. The number of nitrogens with one attached hydrogen (secondary N) is 1. The molecule has 0 saturated carbocycles. The summed E-state index contributed by atoms with van der Waals surface area (Å²) in [4.78, 5) is 10.4. The molecule has 82 valence electrons. The average molecular weight is 198 g/mol. The maximum atomic E-state index is 10.4. The van der Waals surface area contributed by atoms with Crippen LogP contribution in [0.4, 0.5) is 0 Å². The Bertz CT molecular complexity index is 169. The highest BCUT2D eigenvalue weighted by molar-refractivity contribution is 5.73. The van der Waals surface area contributed by atoms with Crippen molar-refractivity contribution in [3.05, 3.63) is 12.7 Å². The van der Waals surface area contributed by atoms with Gasteiger partial charge in [0.1, 0.15) is 0 Å². The van der Waals surface area contributed by atoms with Gasteiger partial charge in [0.25, 0.3) is 0 Å². The van der Waals surface area contributed by atoms with E-state index in [1.165, 1.54) is 0 Å². The molecule has 1 atom stereocenters. The summed E-state index contributed by atoms with van der Waals surface area (Å²) in [6.45, 7) is 6.81. The predicted octanol–water partition coefficient (Wildman–Crippen LogP) is 1.59. The van der Waals surface area contributed by atoms with Gasteiger partial charge in [-0.05, 0) is 39.2 Å². The molecular formula is C11H22N2O. The minimum atomic E-state index is -0.204. The summed E-state index contributed by atoms with van der Waals surface area (Å²) in [6.07, 6.45) is 6.51. The van der Waals surface area contributed by atoms with Gasteiger partial charge >= 0.3 is 0 Å². The van der Waals surface area contributed by atoms with Gasteiger partial charge in [0.2, 0.25) is 5.91 Å². The fraction of sp³-hybridized carbons (Fsp3) is 0.727. The zero-order chi connectivity index (χ0) is 10.8. The molecule has 0 aliphatic heterocycles. The molecule has 3 N–H and O–H groups in total. The van der Waals surface area contributed by atoms with Crippen LogP contribution in [0.25, 0.3) is 0 Å². The number of unbranched alkanes of at least 4 members (excludes halogenated alkanes) is 1. The second kappa shape index (κ2) is 8.75. The summed E-state index contributed by atoms with van der Waals surface area (Å²) in [5.74, 6) is -0.204. The van der Waals surface area contributed by atoms with Crippen molar-refractivity contribution in [3.63, 3.8) is 0 Å². The molecule has 0 spiro atoms. The van der Waals surface area contributed by atoms with Crippen LogP contribution in [0.3, 0.4) is 0 Å². The summed E-state index contributed by atoms with van der Waals surface area (Å²) in [6, 6.07) is 0.529. The fourth-order valence-corrected chi connectivity index (χ4v) is 1.24. The zero-order valence-electron chi connectivity index (χ0n) is 9.09. The van der Waals surface area contributed by atoms with Gasteiger partial charge in [-0.1, -0.05) is 6.08 Å². The third kappa shape index (κ3) is 9.26. The van der Waals surface area contributed by atoms with Crippen molar-refractivity contribution >= 4 is 5.91 Å². The molecule has 1 amide bonds. The molecule has 0 heterocycles. The van der Waals surface area contributed by atoms with Crippen molar-refractivity contribution in [1.29, 1.82) is 0 Å². The molecule has 0 aliphatic carbocycles. The Labute approximate surface area is 86.8 Å². The number of nitrogens with two attached hydrogens (primary N) is 1. The van der Waals surface area contributed by atoms with Gasteiger partial charge in [-0.15, -0.1) is 6.58 Å². The number of primary amides is 1. The third-order valence-corrected chi connectivity index (χ3v) is 2.15. The summed E-state index contributed by atoms with van der Waals surface area (Å²) in [5.41, 5.74) is 5.03. The molecule has 0 saturated heterocycles. The summed E-state index contributed by atoms with van der Waals surface area (Å²) >= 11 is 0.